The lowest BCUT2D eigenvalue weighted by Gasteiger charge is -2.32. The van der Waals surface area contributed by atoms with E-state index in [1.807, 2.05) is 12.1 Å². The minimum atomic E-state index is -0.329. The zero-order valence-electron chi connectivity index (χ0n) is 10.5. The van der Waals surface area contributed by atoms with Gasteiger partial charge in [0.15, 0.2) is 0 Å². The molecule has 1 aliphatic carbocycles. The summed E-state index contributed by atoms with van der Waals surface area (Å²) in [5.41, 5.74) is 9.35. The summed E-state index contributed by atoms with van der Waals surface area (Å²) in [6.07, 6.45) is 0.961. The highest BCUT2D eigenvalue weighted by Gasteiger charge is 2.32. The fourth-order valence-corrected chi connectivity index (χ4v) is 3.82. The van der Waals surface area contributed by atoms with E-state index in [4.69, 9.17) is 5.73 Å². The number of hydrogen-bond donors (Lipinski definition) is 1. The van der Waals surface area contributed by atoms with Gasteiger partial charge in [-0.1, -0.05) is 38.1 Å². The van der Waals surface area contributed by atoms with Crippen LogP contribution in [0.4, 0.5) is 0 Å². The Morgan fingerprint density at radius 1 is 1.33 bits per heavy atom. The molecule has 0 aliphatic heterocycles. The molecule has 2 aromatic rings. The highest BCUT2D eigenvalue weighted by Crippen LogP contribution is 2.46. The third kappa shape index (κ3) is 1.58. The third-order valence-electron chi connectivity index (χ3n) is 3.59. The van der Waals surface area contributed by atoms with Crippen LogP contribution in [0.2, 0.25) is 0 Å². The van der Waals surface area contributed by atoms with E-state index in [1.165, 1.54) is 32.9 Å². The molecule has 1 amide bonds. The third-order valence-corrected chi connectivity index (χ3v) is 4.81. The molecule has 0 saturated carbocycles. The lowest BCUT2D eigenvalue weighted by Crippen LogP contribution is -2.24. The number of primary amides is 1. The molecule has 1 aromatic heterocycles. The van der Waals surface area contributed by atoms with E-state index in [-0.39, 0.29) is 11.3 Å². The molecule has 0 spiro atoms. The molecule has 1 heterocycles. The van der Waals surface area contributed by atoms with Gasteiger partial charge in [-0.2, -0.15) is 0 Å². The van der Waals surface area contributed by atoms with Crippen molar-refractivity contribution in [2.45, 2.75) is 25.7 Å². The molecule has 0 fully saturated rings. The molecule has 2 nitrogen and oxygen atoms in total. The lowest BCUT2D eigenvalue weighted by atomic mass is 9.73. The van der Waals surface area contributed by atoms with Crippen LogP contribution in [0.25, 0.3) is 10.4 Å². The normalized spacial score (nSPS) is 15.9. The van der Waals surface area contributed by atoms with Crippen LogP contribution in [0.15, 0.2) is 30.3 Å². The molecule has 1 aromatic carbocycles. The number of fused-ring (bicyclic) bond motifs is 3. The predicted molar refractivity (Wildman–Crippen MR) is 75.0 cm³/mol. The number of amides is 1. The van der Waals surface area contributed by atoms with Crippen LogP contribution in [0.5, 0.6) is 0 Å². The summed E-state index contributed by atoms with van der Waals surface area (Å²) in [6.45, 7) is 4.49. The average molecular weight is 257 g/mol. The van der Waals surface area contributed by atoms with Gasteiger partial charge in [0, 0.05) is 4.88 Å². The SMILES string of the molecule is CC1(C)Cc2cc(C(N)=O)sc2-c2ccccc21. The Kier molecular flexibility index (Phi) is 2.35. The zero-order valence-corrected chi connectivity index (χ0v) is 11.3. The lowest BCUT2D eigenvalue weighted by molar-refractivity contribution is 0.100. The largest absolute Gasteiger partial charge is 0.365 e. The summed E-state index contributed by atoms with van der Waals surface area (Å²) < 4.78 is 0. The Hall–Kier alpha value is -1.61. The monoisotopic (exact) mass is 257 g/mol. The maximum Gasteiger partial charge on any atom is 0.258 e. The predicted octanol–water partition coefficient (Wildman–Crippen LogP) is 3.35. The first-order valence-corrected chi connectivity index (χ1v) is 6.83. The molecule has 0 bridgehead atoms. The van der Waals surface area contributed by atoms with Gasteiger partial charge in [0.25, 0.3) is 5.91 Å². The Morgan fingerprint density at radius 2 is 2.06 bits per heavy atom. The molecule has 3 rings (SSSR count). The van der Waals surface area contributed by atoms with Crippen molar-refractivity contribution >= 4 is 17.2 Å². The second-order valence-corrected chi connectivity index (χ2v) is 6.49. The van der Waals surface area contributed by atoms with Gasteiger partial charge in [0.2, 0.25) is 0 Å². The number of hydrogen-bond acceptors (Lipinski definition) is 2. The van der Waals surface area contributed by atoms with Gasteiger partial charge >= 0.3 is 0 Å². The van der Waals surface area contributed by atoms with E-state index in [0.717, 1.165) is 6.42 Å². The standard InChI is InChI=1S/C15H15NOS/c1-15(2)8-9-7-12(14(16)17)18-13(9)10-5-3-4-6-11(10)15/h3-7H,8H2,1-2H3,(H2,16,17). The van der Waals surface area contributed by atoms with E-state index in [2.05, 4.69) is 32.0 Å². The van der Waals surface area contributed by atoms with Gasteiger partial charge in [-0.3, -0.25) is 4.79 Å². The van der Waals surface area contributed by atoms with Gasteiger partial charge in [-0.05, 0) is 34.6 Å². The second-order valence-electron chi connectivity index (χ2n) is 5.44. The van der Waals surface area contributed by atoms with Crippen LogP contribution in [-0.4, -0.2) is 5.91 Å². The quantitative estimate of drug-likeness (QED) is 0.836. The van der Waals surface area contributed by atoms with Gasteiger partial charge in [0.1, 0.15) is 0 Å². The number of rotatable bonds is 1. The van der Waals surface area contributed by atoms with Crippen LogP contribution in [-0.2, 0) is 11.8 Å². The molecule has 18 heavy (non-hydrogen) atoms. The summed E-state index contributed by atoms with van der Waals surface area (Å²) >= 11 is 1.51. The number of nitrogens with two attached hydrogens (primary N) is 1. The van der Waals surface area contributed by atoms with Crippen molar-refractivity contribution in [3.8, 4) is 10.4 Å². The minimum absolute atomic E-state index is 0.111. The molecule has 0 radical (unpaired) electrons. The van der Waals surface area contributed by atoms with E-state index in [0.29, 0.717) is 4.88 Å². The van der Waals surface area contributed by atoms with Gasteiger partial charge in [-0.25, -0.2) is 0 Å². The van der Waals surface area contributed by atoms with Crippen LogP contribution in [0, 0.1) is 0 Å². The van der Waals surface area contributed by atoms with Crippen molar-refractivity contribution in [2.24, 2.45) is 5.73 Å². The summed E-state index contributed by atoms with van der Waals surface area (Å²) in [7, 11) is 0. The number of carbonyl (C=O) groups is 1. The van der Waals surface area contributed by atoms with Crippen molar-refractivity contribution in [2.75, 3.05) is 0 Å². The summed E-state index contributed by atoms with van der Waals surface area (Å²) in [5.74, 6) is -0.329. The maximum absolute atomic E-state index is 11.3. The van der Waals surface area contributed by atoms with E-state index >= 15 is 0 Å². The summed E-state index contributed by atoms with van der Waals surface area (Å²) in [4.78, 5) is 13.2. The fourth-order valence-electron chi connectivity index (χ4n) is 2.75. The van der Waals surface area contributed by atoms with Crippen molar-refractivity contribution in [1.29, 1.82) is 0 Å². The van der Waals surface area contributed by atoms with Crippen molar-refractivity contribution in [3.63, 3.8) is 0 Å². The fraction of sp³-hybridized carbons (Fsp3) is 0.267. The molecule has 0 saturated heterocycles. The van der Waals surface area contributed by atoms with Crippen LogP contribution in [0.1, 0.15) is 34.6 Å². The number of carbonyl (C=O) groups excluding carboxylic acids is 1. The van der Waals surface area contributed by atoms with Crippen molar-refractivity contribution < 1.29 is 4.79 Å². The first kappa shape index (κ1) is 11.5. The van der Waals surface area contributed by atoms with Gasteiger partial charge in [-0.15, -0.1) is 11.3 Å². The highest BCUT2D eigenvalue weighted by molar-refractivity contribution is 7.17. The van der Waals surface area contributed by atoms with Crippen LogP contribution < -0.4 is 5.73 Å². The Morgan fingerprint density at radius 3 is 2.78 bits per heavy atom. The molecule has 0 unspecified atom stereocenters. The second kappa shape index (κ2) is 3.69. The van der Waals surface area contributed by atoms with Crippen LogP contribution in [0.3, 0.4) is 0 Å². The summed E-state index contributed by atoms with van der Waals surface area (Å²) in [6, 6.07) is 10.4. The Bertz CT molecular complexity index is 640. The molecular weight excluding hydrogens is 242 g/mol. The molecule has 2 N–H and O–H groups in total. The van der Waals surface area contributed by atoms with Crippen LogP contribution >= 0.6 is 11.3 Å². The number of benzene rings is 1. The van der Waals surface area contributed by atoms with E-state index in [9.17, 15) is 4.79 Å². The first-order valence-electron chi connectivity index (χ1n) is 6.01. The Balaban J connectivity index is 2.26. The topological polar surface area (TPSA) is 43.1 Å². The van der Waals surface area contributed by atoms with Crippen molar-refractivity contribution in [1.82, 2.24) is 0 Å². The minimum Gasteiger partial charge on any atom is -0.365 e. The maximum atomic E-state index is 11.3. The van der Waals surface area contributed by atoms with E-state index in [1.54, 1.807) is 0 Å². The highest BCUT2D eigenvalue weighted by atomic mass is 32.1. The Labute approximate surface area is 110 Å². The molecule has 3 heteroatoms. The first-order chi connectivity index (χ1) is 8.49. The summed E-state index contributed by atoms with van der Waals surface area (Å²) in [5, 5.41) is 0. The molecule has 92 valence electrons. The van der Waals surface area contributed by atoms with Crippen molar-refractivity contribution in [3.05, 3.63) is 46.3 Å². The van der Waals surface area contributed by atoms with E-state index < -0.39 is 0 Å². The average Bonchev–Trinajstić information content (AvgIpc) is 2.72. The number of thiophene rings is 1. The molecule has 1 aliphatic rings. The zero-order chi connectivity index (χ0) is 12.9. The smallest absolute Gasteiger partial charge is 0.258 e. The van der Waals surface area contributed by atoms with Gasteiger partial charge < -0.3 is 5.73 Å². The van der Waals surface area contributed by atoms with Gasteiger partial charge in [0.05, 0.1) is 4.88 Å². The molecule has 0 atom stereocenters. The molecular formula is C15H15NOS.